The van der Waals surface area contributed by atoms with Crippen LogP contribution in [0.15, 0.2) is 18.2 Å². The summed E-state index contributed by atoms with van der Waals surface area (Å²) in [5.74, 6) is -1.72. The number of rotatable bonds is 6. The van der Waals surface area contributed by atoms with Crippen molar-refractivity contribution in [1.29, 1.82) is 0 Å². The molecule has 1 rings (SSSR count). The molecular weight excluding hydrogens is 242 g/mol. The van der Waals surface area contributed by atoms with Crippen LogP contribution in [-0.2, 0) is 4.79 Å². The van der Waals surface area contributed by atoms with Crippen molar-refractivity contribution in [3.05, 3.63) is 29.8 Å². The fraction of sp³-hybridized carbons (Fsp3) is 0.417. The number of nitrogens with zero attached hydrogens (tertiary/aromatic N) is 1. The molecule has 0 spiro atoms. The van der Waals surface area contributed by atoms with Gasteiger partial charge < -0.3 is 15.4 Å². The van der Waals surface area contributed by atoms with Crippen molar-refractivity contribution >= 4 is 5.91 Å². The number of ether oxygens (including phenoxy) is 1. The molecule has 0 atom stereocenters. The molecular formula is C12H16F2N2O2. The Labute approximate surface area is 104 Å². The average molecular weight is 258 g/mol. The van der Waals surface area contributed by atoms with Gasteiger partial charge in [-0.15, -0.1) is 0 Å². The summed E-state index contributed by atoms with van der Waals surface area (Å²) < 4.78 is 30.7. The summed E-state index contributed by atoms with van der Waals surface area (Å²) in [7, 11) is 1.63. The SMILES string of the molecule is CN(CCOc1ccc(F)c(F)c1)C(=O)CCN. The fourth-order valence-corrected chi connectivity index (χ4v) is 1.31. The monoisotopic (exact) mass is 258 g/mol. The van der Waals surface area contributed by atoms with Gasteiger partial charge in [-0.3, -0.25) is 4.79 Å². The van der Waals surface area contributed by atoms with Gasteiger partial charge in [0.25, 0.3) is 0 Å². The molecule has 18 heavy (non-hydrogen) atoms. The molecule has 1 amide bonds. The third kappa shape index (κ3) is 4.29. The summed E-state index contributed by atoms with van der Waals surface area (Å²) >= 11 is 0. The zero-order valence-electron chi connectivity index (χ0n) is 10.2. The lowest BCUT2D eigenvalue weighted by Crippen LogP contribution is -2.32. The summed E-state index contributed by atoms with van der Waals surface area (Å²) in [4.78, 5) is 12.8. The summed E-state index contributed by atoms with van der Waals surface area (Å²) in [5.41, 5.74) is 5.26. The Balaban J connectivity index is 2.37. The molecule has 6 heteroatoms. The van der Waals surface area contributed by atoms with Crippen LogP contribution in [0.25, 0.3) is 0 Å². The summed E-state index contributed by atoms with van der Waals surface area (Å²) in [6.07, 6.45) is 0.279. The molecule has 0 bridgehead atoms. The molecule has 0 saturated carbocycles. The minimum atomic E-state index is -0.958. The number of likely N-dealkylation sites (N-methyl/N-ethyl adjacent to an activating group) is 1. The van der Waals surface area contributed by atoms with Gasteiger partial charge in [-0.2, -0.15) is 0 Å². The number of halogens is 2. The molecule has 0 aliphatic rings. The van der Waals surface area contributed by atoms with E-state index in [0.29, 0.717) is 13.1 Å². The molecule has 2 N–H and O–H groups in total. The number of amides is 1. The second kappa shape index (κ2) is 6.90. The second-order valence-corrected chi connectivity index (χ2v) is 3.78. The fourth-order valence-electron chi connectivity index (χ4n) is 1.31. The van der Waals surface area contributed by atoms with E-state index in [1.54, 1.807) is 7.05 Å². The van der Waals surface area contributed by atoms with E-state index in [1.165, 1.54) is 11.0 Å². The number of carbonyl (C=O) groups excluding carboxylic acids is 1. The molecule has 0 saturated heterocycles. The first-order valence-corrected chi connectivity index (χ1v) is 5.56. The van der Waals surface area contributed by atoms with E-state index >= 15 is 0 Å². The first kappa shape index (κ1) is 14.4. The van der Waals surface area contributed by atoms with Crippen molar-refractivity contribution < 1.29 is 18.3 Å². The van der Waals surface area contributed by atoms with Gasteiger partial charge in [0.2, 0.25) is 5.91 Å². The molecule has 0 aliphatic carbocycles. The molecule has 0 unspecified atom stereocenters. The minimum Gasteiger partial charge on any atom is -0.492 e. The molecule has 0 aromatic heterocycles. The quantitative estimate of drug-likeness (QED) is 0.832. The molecule has 1 aromatic rings. The summed E-state index contributed by atoms with van der Waals surface area (Å²) in [6.45, 7) is 0.864. The number of carbonyl (C=O) groups is 1. The Kier molecular flexibility index (Phi) is 5.51. The maximum absolute atomic E-state index is 12.9. The van der Waals surface area contributed by atoms with Gasteiger partial charge in [0.1, 0.15) is 12.4 Å². The number of hydrogen-bond acceptors (Lipinski definition) is 3. The van der Waals surface area contributed by atoms with Gasteiger partial charge in [0.15, 0.2) is 11.6 Å². The van der Waals surface area contributed by atoms with E-state index in [9.17, 15) is 13.6 Å². The summed E-state index contributed by atoms with van der Waals surface area (Å²) in [6, 6.07) is 3.30. The first-order chi connectivity index (χ1) is 8.54. The third-order valence-corrected chi connectivity index (χ3v) is 2.37. The lowest BCUT2D eigenvalue weighted by atomic mass is 10.3. The van der Waals surface area contributed by atoms with Gasteiger partial charge in [0.05, 0.1) is 6.54 Å². The van der Waals surface area contributed by atoms with Crippen molar-refractivity contribution in [2.24, 2.45) is 5.73 Å². The molecule has 0 radical (unpaired) electrons. The van der Waals surface area contributed by atoms with E-state index < -0.39 is 11.6 Å². The maximum atomic E-state index is 12.9. The molecule has 4 nitrogen and oxygen atoms in total. The van der Waals surface area contributed by atoms with Crippen LogP contribution < -0.4 is 10.5 Å². The molecule has 100 valence electrons. The number of hydrogen-bond donors (Lipinski definition) is 1. The van der Waals surface area contributed by atoms with Crippen LogP contribution in [0, 0.1) is 11.6 Å². The van der Waals surface area contributed by atoms with Crippen molar-refractivity contribution in [3.63, 3.8) is 0 Å². The van der Waals surface area contributed by atoms with Crippen LogP contribution in [0.1, 0.15) is 6.42 Å². The van der Waals surface area contributed by atoms with Crippen molar-refractivity contribution in [3.8, 4) is 5.75 Å². The van der Waals surface area contributed by atoms with E-state index in [1.807, 2.05) is 0 Å². The Hall–Kier alpha value is -1.69. The number of benzene rings is 1. The smallest absolute Gasteiger partial charge is 0.223 e. The first-order valence-electron chi connectivity index (χ1n) is 5.56. The highest BCUT2D eigenvalue weighted by molar-refractivity contribution is 5.75. The minimum absolute atomic E-state index is 0.0774. The van der Waals surface area contributed by atoms with Crippen LogP contribution in [0.4, 0.5) is 8.78 Å². The Morgan fingerprint density at radius 2 is 2.11 bits per heavy atom. The average Bonchev–Trinajstić information content (AvgIpc) is 2.34. The standard InChI is InChI=1S/C12H16F2N2O2/c1-16(12(17)4-5-15)6-7-18-9-2-3-10(13)11(14)8-9/h2-3,8H,4-7,15H2,1H3. The lowest BCUT2D eigenvalue weighted by Gasteiger charge is -2.17. The van der Waals surface area contributed by atoms with Gasteiger partial charge >= 0.3 is 0 Å². The van der Waals surface area contributed by atoms with Crippen LogP contribution >= 0.6 is 0 Å². The molecule has 0 fully saturated rings. The van der Waals surface area contributed by atoms with E-state index in [-0.39, 0.29) is 24.7 Å². The predicted molar refractivity (Wildman–Crippen MR) is 63.2 cm³/mol. The zero-order chi connectivity index (χ0) is 13.5. The highest BCUT2D eigenvalue weighted by atomic mass is 19.2. The topological polar surface area (TPSA) is 55.6 Å². The van der Waals surface area contributed by atoms with Gasteiger partial charge in [-0.1, -0.05) is 0 Å². The Bertz CT molecular complexity index is 413. The Morgan fingerprint density at radius 1 is 1.39 bits per heavy atom. The largest absolute Gasteiger partial charge is 0.492 e. The van der Waals surface area contributed by atoms with E-state index in [0.717, 1.165) is 12.1 Å². The van der Waals surface area contributed by atoms with Crippen LogP contribution in [-0.4, -0.2) is 37.6 Å². The number of nitrogens with two attached hydrogens (primary N) is 1. The van der Waals surface area contributed by atoms with Crippen molar-refractivity contribution in [2.75, 3.05) is 26.7 Å². The van der Waals surface area contributed by atoms with Gasteiger partial charge in [-0.05, 0) is 12.1 Å². The highest BCUT2D eigenvalue weighted by Crippen LogP contribution is 2.15. The van der Waals surface area contributed by atoms with Crippen LogP contribution in [0.5, 0.6) is 5.75 Å². The predicted octanol–water partition coefficient (Wildman–Crippen LogP) is 1.15. The van der Waals surface area contributed by atoms with Gasteiger partial charge in [-0.25, -0.2) is 8.78 Å². The second-order valence-electron chi connectivity index (χ2n) is 3.78. The van der Waals surface area contributed by atoms with E-state index in [2.05, 4.69) is 0 Å². The van der Waals surface area contributed by atoms with Crippen molar-refractivity contribution in [1.82, 2.24) is 4.90 Å². The molecule has 0 heterocycles. The van der Waals surface area contributed by atoms with E-state index in [4.69, 9.17) is 10.5 Å². The van der Waals surface area contributed by atoms with Gasteiger partial charge in [0, 0.05) is 26.1 Å². The zero-order valence-corrected chi connectivity index (χ0v) is 10.2. The highest BCUT2D eigenvalue weighted by Gasteiger charge is 2.08. The Morgan fingerprint density at radius 3 is 2.72 bits per heavy atom. The maximum Gasteiger partial charge on any atom is 0.223 e. The normalized spacial score (nSPS) is 10.2. The molecule has 0 aliphatic heterocycles. The lowest BCUT2D eigenvalue weighted by molar-refractivity contribution is -0.130. The van der Waals surface area contributed by atoms with Crippen LogP contribution in [0.3, 0.4) is 0 Å². The third-order valence-electron chi connectivity index (χ3n) is 2.37. The molecule has 1 aromatic carbocycles. The van der Waals surface area contributed by atoms with Crippen molar-refractivity contribution in [2.45, 2.75) is 6.42 Å². The summed E-state index contributed by atoms with van der Waals surface area (Å²) in [5, 5.41) is 0. The van der Waals surface area contributed by atoms with Crippen LogP contribution in [0.2, 0.25) is 0 Å².